The highest BCUT2D eigenvalue weighted by molar-refractivity contribution is 5.71. The van der Waals surface area contributed by atoms with E-state index in [1.54, 1.807) is 33.5 Å². The Bertz CT molecular complexity index is 1040. The zero-order valence-electron chi connectivity index (χ0n) is 17.4. The summed E-state index contributed by atoms with van der Waals surface area (Å²) >= 11 is 0. The topological polar surface area (TPSA) is 80.8 Å². The second-order valence-electron chi connectivity index (χ2n) is 6.45. The van der Waals surface area contributed by atoms with Crippen molar-refractivity contribution in [2.45, 2.75) is 6.54 Å². The SMILES string of the molecule is COc1cc(/C=C/c2nc(C#N)c(N(C)Cc3ccccc3)o2)cc(OC)c1OC. The number of rotatable bonds is 8. The number of anilines is 1. The summed E-state index contributed by atoms with van der Waals surface area (Å²) in [6.07, 6.45) is 3.50. The first-order chi connectivity index (χ1) is 14.6. The molecule has 0 unspecified atom stereocenters. The molecule has 2 aromatic carbocycles. The molecule has 0 saturated carbocycles. The van der Waals surface area contributed by atoms with Gasteiger partial charge in [-0.2, -0.15) is 10.2 Å². The molecule has 1 heterocycles. The largest absolute Gasteiger partial charge is 0.493 e. The van der Waals surface area contributed by atoms with Gasteiger partial charge in [0.25, 0.3) is 0 Å². The van der Waals surface area contributed by atoms with E-state index in [-0.39, 0.29) is 5.69 Å². The molecule has 3 aromatic rings. The number of methoxy groups -OCH3 is 3. The molecule has 0 spiro atoms. The van der Waals surface area contributed by atoms with Crippen LogP contribution in [0.15, 0.2) is 46.9 Å². The van der Waals surface area contributed by atoms with Crippen molar-refractivity contribution in [3.05, 3.63) is 65.2 Å². The van der Waals surface area contributed by atoms with E-state index in [9.17, 15) is 5.26 Å². The van der Waals surface area contributed by atoms with Gasteiger partial charge in [0.1, 0.15) is 6.07 Å². The predicted molar refractivity (Wildman–Crippen MR) is 115 cm³/mol. The summed E-state index contributed by atoms with van der Waals surface area (Å²) in [7, 11) is 6.54. The Balaban J connectivity index is 1.86. The fraction of sp³-hybridized carbons (Fsp3) is 0.217. The van der Waals surface area contributed by atoms with Crippen molar-refractivity contribution in [1.29, 1.82) is 5.26 Å². The lowest BCUT2D eigenvalue weighted by Gasteiger charge is -2.15. The molecule has 1 aromatic heterocycles. The van der Waals surface area contributed by atoms with Crippen LogP contribution in [-0.4, -0.2) is 33.4 Å². The standard InChI is InChI=1S/C23H23N3O4/c1-26(15-16-8-6-5-7-9-16)23-18(14-24)25-21(30-23)11-10-17-12-19(27-2)22(29-4)20(13-17)28-3/h5-13H,15H2,1-4H3/b11-10+. The Labute approximate surface area is 175 Å². The summed E-state index contributed by atoms with van der Waals surface area (Å²) in [5, 5.41) is 9.46. The number of nitriles is 1. The van der Waals surface area contributed by atoms with E-state index in [1.807, 2.05) is 54.4 Å². The summed E-state index contributed by atoms with van der Waals surface area (Å²) in [5.41, 5.74) is 2.15. The summed E-state index contributed by atoms with van der Waals surface area (Å²) in [5.74, 6) is 2.36. The van der Waals surface area contributed by atoms with Crippen molar-refractivity contribution in [3.8, 4) is 23.3 Å². The van der Waals surface area contributed by atoms with Crippen LogP contribution in [0.5, 0.6) is 17.2 Å². The van der Waals surface area contributed by atoms with E-state index in [1.165, 1.54) is 0 Å². The second kappa shape index (κ2) is 9.52. The molecule has 7 nitrogen and oxygen atoms in total. The third-order valence-electron chi connectivity index (χ3n) is 4.45. The predicted octanol–water partition coefficient (Wildman–Crippen LogP) is 4.38. The molecular weight excluding hydrogens is 382 g/mol. The van der Waals surface area contributed by atoms with E-state index >= 15 is 0 Å². The third-order valence-corrected chi connectivity index (χ3v) is 4.45. The van der Waals surface area contributed by atoms with Crippen LogP contribution >= 0.6 is 0 Å². The van der Waals surface area contributed by atoms with Gasteiger partial charge >= 0.3 is 0 Å². The molecule has 0 radical (unpaired) electrons. The smallest absolute Gasteiger partial charge is 0.235 e. The second-order valence-corrected chi connectivity index (χ2v) is 6.45. The van der Waals surface area contributed by atoms with Gasteiger partial charge in [0.15, 0.2) is 11.5 Å². The Kier molecular flexibility index (Phi) is 6.60. The van der Waals surface area contributed by atoms with E-state index in [4.69, 9.17) is 18.6 Å². The van der Waals surface area contributed by atoms with Crippen LogP contribution in [-0.2, 0) is 6.54 Å². The van der Waals surface area contributed by atoms with E-state index in [0.29, 0.717) is 35.6 Å². The first kappa shape index (κ1) is 20.8. The van der Waals surface area contributed by atoms with Crippen molar-refractivity contribution in [3.63, 3.8) is 0 Å². The van der Waals surface area contributed by atoms with Gasteiger partial charge in [-0.05, 0) is 29.3 Å². The van der Waals surface area contributed by atoms with Crippen LogP contribution in [0.25, 0.3) is 12.2 Å². The zero-order valence-corrected chi connectivity index (χ0v) is 17.4. The van der Waals surface area contributed by atoms with E-state index in [2.05, 4.69) is 11.1 Å². The fourth-order valence-corrected chi connectivity index (χ4v) is 3.03. The minimum atomic E-state index is 0.234. The number of hydrogen-bond acceptors (Lipinski definition) is 7. The number of oxazole rings is 1. The van der Waals surface area contributed by atoms with Crippen LogP contribution in [0, 0.1) is 11.3 Å². The van der Waals surface area contributed by atoms with E-state index < -0.39 is 0 Å². The summed E-state index contributed by atoms with van der Waals surface area (Å²) in [4.78, 5) is 6.14. The van der Waals surface area contributed by atoms with Crippen molar-refractivity contribution in [1.82, 2.24) is 4.98 Å². The lowest BCUT2D eigenvalue weighted by Crippen LogP contribution is -2.16. The number of benzene rings is 2. The van der Waals surface area contributed by atoms with Crippen LogP contribution < -0.4 is 19.1 Å². The van der Waals surface area contributed by atoms with Crippen molar-refractivity contribution in [2.24, 2.45) is 0 Å². The van der Waals surface area contributed by atoms with Gasteiger partial charge in [-0.25, -0.2) is 0 Å². The van der Waals surface area contributed by atoms with Crippen LogP contribution in [0.2, 0.25) is 0 Å². The maximum absolute atomic E-state index is 9.46. The van der Waals surface area contributed by atoms with E-state index in [0.717, 1.165) is 11.1 Å². The molecule has 0 amide bonds. The van der Waals surface area contributed by atoms with Gasteiger partial charge in [-0.3, -0.25) is 0 Å². The molecule has 0 N–H and O–H groups in total. The molecule has 0 saturated heterocycles. The Morgan fingerprint density at radius 1 is 1.03 bits per heavy atom. The van der Waals surface area contributed by atoms with Gasteiger partial charge in [-0.15, -0.1) is 0 Å². The molecule has 154 valence electrons. The highest BCUT2D eigenvalue weighted by Crippen LogP contribution is 2.38. The van der Waals surface area contributed by atoms with Gasteiger partial charge < -0.3 is 23.5 Å². The summed E-state index contributed by atoms with van der Waals surface area (Å²) in [6, 6.07) is 15.7. The van der Waals surface area contributed by atoms with Gasteiger partial charge in [0.2, 0.25) is 23.2 Å². The number of hydrogen-bond donors (Lipinski definition) is 0. The number of nitrogens with zero attached hydrogens (tertiary/aromatic N) is 3. The van der Waals surface area contributed by atoms with Gasteiger partial charge in [0.05, 0.1) is 21.3 Å². The maximum Gasteiger partial charge on any atom is 0.235 e. The van der Waals surface area contributed by atoms with Crippen LogP contribution in [0.1, 0.15) is 22.7 Å². The minimum absolute atomic E-state index is 0.234. The first-order valence-electron chi connectivity index (χ1n) is 9.23. The van der Waals surface area contributed by atoms with Crippen molar-refractivity contribution in [2.75, 3.05) is 33.3 Å². The summed E-state index contributed by atoms with van der Waals surface area (Å²) in [6.45, 7) is 0.598. The minimum Gasteiger partial charge on any atom is -0.493 e. The average Bonchev–Trinajstić information content (AvgIpc) is 3.21. The molecule has 0 aliphatic rings. The highest BCUT2D eigenvalue weighted by atomic mass is 16.5. The molecular formula is C23H23N3O4. The Morgan fingerprint density at radius 2 is 1.70 bits per heavy atom. The fourth-order valence-electron chi connectivity index (χ4n) is 3.03. The molecule has 0 aliphatic heterocycles. The lowest BCUT2D eigenvalue weighted by atomic mass is 10.1. The molecule has 0 bridgehead atoms. The average molecular weight is 405 g/mol. The molecule has 3 rings (SSSR count). The number of aromatic nitrogens is 1. The monoisotopic (exact) mass is 405 g/mol. The quantitative estimate of drug-likeness (QED) is 0.550. The normalized spacial score (nSPS) is 10.6. The maximum atomic E-state index is 9.46. The third kappa shape index (κ3) is 4.55. The first-order valence-corrected chi connectivity index (χ1v) is 9.23. The van der Waals surface area contributed by atoms with Crippen molar-refractivity contribution >= 4 is 18.0 Å². The molecule has 0 aliphatic carbocycles. The zero-order chi connectivity index (χ0) is 21.5. The van der Waals surface area contributed by atoms with Gasteiger partial charge in [-0.1, -0.05) is 30.3 Å². The molecule has 0 atom stereocenters. The van der Waals surface area contributed by atoms with Crippen molar-refractivity contribution < 1.29 is 18.6 Å². The highest BCUT2D eigenvalue weighted by Gasteiger charge is 2.16. The molecule has 30 heavy (non-hydrogen) atoms. The summed E-state index contributed by atoms with van der Waals surface area (Å²) < 4.78 is 21.9. The Morgan fingerprint density at radius 3 is 2.27 bits per heavy atom. The van der Waals surface area contributed by atoms with Crippen LogP contribution in [0.3, 0.4) is 0 Å². The molecule has 0 fully saturated rings. The molecule has 7 heteroatoms. The van der Waals surface area contributed by atoms with Crippen LogP contribution in [0.4, 0.5) is 5.88 Å². The van der Waals surface area contributed by atoms with Gasteiger partial charge in [0, 0.05) is 19.7 Å². The number of ether oxygens (including phenoxy) is 3. The Hall–Kier alpha value is -3.92. The lowest BCUT2D eigenvalue weighted by molar-refractivity contribution is 0.324.